The Morgan fingerprint density at radius 2 is 1.68 bits per heavy atom. The summed E-state index contributed by atoms with van der Waals surface area (Å²) in [5.74, 6) is -0.750. The molecule has 1 unspecified atom stereocenters. The molecule has 7 heteroatoms. The number of aliphatic carboxylic acids is 1. The van der Waals surface area contributed by atoms with Crippen molar-refractivity contribution in [2.75, 3.05) is 16.9 Å². The highest BCUT2D eigenvalue weighted by molar-refractivity contribution is 5.78. The lowest BCUT2D eigenvalue weighted by atomic mass is 10.0. The standard InChI is InChI=1S/C21H25N5O2/c1-24-17-7-3-4-8-18(17)25(2)21(24)23-22-15-10-12-16(13-11-15)26-14-6-5-9-19(26)20(27)28/h3-4,7-8,10-13,19,22H,5-6,9,14H2,1-2H3,(H,27,28). The molecule has 3 aromatic rings. The lowest BCUT2D eigenvalue weighted by Crippen LogP contribution is -2.44. The highest BCUT2D eigenvalue weighted by Crippen LogP contribution is 2.26. The first-order valence-corrected chi connectivity index (χ1v) is 9.56. The Hall–Kier alpha value is -3.22. The van der Waals surface area contributed by atoms with Crippen LogP contribution in [0, 0.1) is 0 Å². The zero-order valence-electron chi connectivity index (χ0n) is 16.2. The number of hydrogen-bond acceptors (Lipinski definition) is 4. The predicted octanol–water partition coefficient (Wildman–Crippen LogP) is 2.89. The van der Waals surface area contributed by atoms with Crippen molar-refractivity contribution in [3.05, 3.63) is 54.1 Å². The first-order chi connectivity index (χ1) is 13.6. The number of fused-ring (bicyclic) bond motifs is 1. The second-order valence-corrected chi connectivity index (χ2v) is 7.22. The second kappa shape index (κ2) is 7.42. The van der Waals surface area contributed by atoms with Gasteiger partial charge in [0.25, 0.3) is 0 Å². The third-order valence-corrected chi connectivity index (χ3v) is 5.48. The topological polar surface area (TPSA) is 74.8 Å². The molecule has 0 radical (unpaired) electrons. The number of nitrogens with one attached hydrogen (secondary N) is 1. The fourth-order valence-electron chi connectivity index (χ4n) is 3.96. The molecular weight excluding hydrogens is 354 g/mol. The van der Waals surface area contributed by atoms with E-state index in [4.69, 9.17) is 0 Å². The zero-order valence-corrected chi connectivity index (χ0v) is 16.2. The van der Waals surface area contributed by atoms with Gasteiger partial charge in [0.05, 0.1) is 16.7 Å². The van der Waals surface area contributed by atoms with Crippen LogP contribution in [0.5, 0.6) is 0 Å². The molecule has 1 fully saturated rings. The molecular formula is C21H25N5O2. The number of nitrogens with zero attached hydrogens (tertiary/aromatic N) is 4. The quantitative estimate of drug-likeness (QED) is 0.684. The van der Waals surface area contributed by atoms with Gasteiger partial charge in [-0.2, -0.15) is 0 Å². The van der Waals surface area contributed by atoms with Gasteiger partial charge in [0.15, 0.2) is 0 Å². The molecule has 0 saturated carbocycles. The molecule has 1 aliphatic rings. The summed E-state index contributed by atoms with van der Waals surface area (Å²) in [6.07, 6.45) is 2.69. The summed E-state index contributed by atoms with van der Waals surface area (Å²) in [6, 6.07) is 15.5. The average Bonchev–Trinajstić information content (AvgIpc) is 2.97. The smallest absolute Gasteiger partial charge is 0.326 e. The zero-order chi connectivity index (χ0) is 19.7. The lowest BCUT2D eigenvalue weighted by Gasteiger charge is -2.34. The summed E-state index contributed by atoms with van der Waals surface area (Å²) in [5.41, 5.74) is 7.96. The van der Waals surface area contributed by atoms with Crippen LogP contribution in [0.1, 0.15) is 19.3 Å². The van der Waals surface area contributed by atoms with E-state index in [0.717, 1.165) is 47.4 Å². The van der Waals surface area contributed by atoms with Crippen LogP contribution in [0.4, 0.5) is 11.4 Å². The molecule has 0 bridgehead atoms. The van der Waals surface area contributed by atoms with Gasteiger partial charge in [0.2, 0.25) is 5.62 Å². The van der Waals surface area contributed by atoms with Gasteiger partial charge in [-0.25, -0.2) is 4.79 Å². The number of carbonyl (C=O) groups is 1. The number of aryl methyl sites for hydroxylation is 2. The van der Waals surface area contributed by atoms with Gasteiger partial charge in [-0.1, -0.05) is 12.1 Å². The van der Waals surface area contributed by atoms with Gasteiger partial charge in [-0.3, -0.25) is 5.43 Å². The normalized spacial score (nSPS) is 16.9. The molecule has 1 saturated heterocycles. The molecule has 4 rings (SSSR count). The second-order valence-electron chi connectivity index (χ2n) is 7.22. The lowest BCUT2D eigenvalue weighted by molar-refractivity contribution is -0.139. The number of aromatic nitrogens is 2. The SMILES string of the molecule is Cn1c(=NNc2ccc(N3CCCCC3C(=O)O)cc2)n(C)c2ccccc21. The summed E-state index contributed by atoms with van der Waals surface area (Å²) < 4.78 is 4.09. The van der Waals surface area contributed by atoms with Crippen molar-refractivity contribution in [1.29, 1.82) is 0 Å². The number of carboxylic acid groups (broad SMARTS) is 1. The van der Waals surface area contributed by atoms with E-state index in [1.807, 2.05) is 64.5 Å². The van der Waals surface area contributed by atoms with Crippen LogP contribution in [0.25, 0.3) is 11.0 Å². The van der Waals surface area contributed by atoms with Crippen molar-refractivity contribution in [2.24, 2.45) is 19.2 Å². The molecule has 1 aliphatic heterocycles. The third kappa shape index (κ3) is 3.24. The number of piperidine rings is 1. The van der Waals surface area contributed by atoms with Crippen LogP contribution in [0.3, 0.4) is 0 Å². The summed E-state index contributed by atoms with van der Waals surface area (Å²) in [4.78, 5) is 13.5. The van der Waals surface area contributed by atoms with Gasteiger partial charge >= 0.3 is 5.97 Å². The van der Waals surface area contributed by atoms with Crippen molar-refractivity contribution >= 4 is 28.4 Å². The van der Waals surface area contributed by atoms with Gasteiger partial charge in [0, 0.05) is 26.3 Å². The van der Waals surface area contributed by atoms with Crippen LogP contribution >= 0.6 is 0 Å². The van der Waals surface area contributed by atoms with E-state index in [9.17, 15) is 9.90 Å². The number of para-hydroxylation sites is 2. The Labute approximate surface area is 163 Å². The van der Waals surface area contributed by atoms with Crippen LogP contribution in [-0.2, 0) is 18.9 Å². The molecule has 28 heavy (non-hydrogen) atoms. The van der Waals surface area contributed by atoms with E-state index in [0.29, 0.717) is 6.42 Å². The molecule has 0 aliphatic carbocycles. The first-order valence-electron chi connectivity index (χ1n) is 9.56. The minimum absolute atomic E-state index is 0.438. The average molecular weight is 379 g/mol. The van der Waals surface area contributed by atoms with E-state index in [1.165, 1.54) is 0 Å². The first kappa shape index (κ1) is 18.2. The number of anilines is 2. The van der Waals surface area contributed by atoms with E-state index in [2.05, 4.69) is 22.7 Å². The molecule has 0 spiro atoms. The number of rotatable bonds is 4. The summed E-state index contributed by atoms with van der Waals surface area (Å²) >= 11 is 0. The molecule has 1 atom stereocenters. The molecule has 0 amide bonds. The maximum atomic E-state index is 11.5. The van der Waals surface area contributed by atoms with Crippen molar-refractivity contribution in [2.45, 2.75) is 25.3 Å². The summed E-state index contributed by atoms with van der Waals surface area (Å²) in [6.45, 7) is 0.778. The molecule has 2 heterocycles. The Morgan fingerprint density at radius 3 is 2.29 bits per heavy atom. The number of benzene rings is 2. The highest BCUT2D eigenvalue weighted by Gasteiger charge is 2.28. The summed E-state index contributed by atoms with van der Waals surface area (Å²) in [5, 5.41) is 14.0. The minimum atomic E-state index is -0.750. The Morgan fingerprint density at radius 1 is 1.04 bits per heavy atom. The Kier molecular flexibility index (Phi) is 4.81. The highest BCUT2D eigenvalue weighted by atomic mass is 16.4. The van der Waals surface area contributed by atoms with Crippen LogP contribution in [0.15, 0.2) is 53.6 Å². The van der Waals surface area contributed by atoms with Gasteiger partial charge < -0.3 is 19.1 Å². The molecule has 2 N–H and O–H groups in total. The molecule has 7 nitrogen and oxygen atoms in total. The largest absolute Gasteiger partial charge is 0.480 e. The van der Waals surface area contributed by atoms with Crippen LogP contribution in [0.2, 0.25) is 0 Å². The fraction of sp³-hybridized carbons (Fsp3) is 0.333. The van der Waals surface area contributed by atoms with Crippen molar-refractivity contribution < 1.29 is 9.90 Å². The fourth-order valence-corrected chi connectivity index (χ4v) is 3.96. The molecule has 1 aromatic heterocycles. The van der Waals surface area contributed by atoms with Crippen LogP contribution in [-0.4, -0.2) is 32.8 Å². The van der Waals surface area contributed by atoms with Gasteiger partial charge in [0.1, 0.15) is 6.04 Å². The minimum Gasteiger partial charge on any atom is -0.480 e. The third-order valence-electron chi connectivity index (χ3n) is 5.48. The predicted molar refractivity (Wildman–Crippen MR) is 110 cm³/mol. The van der Waals surface area contributed by atoms with Crippen molar-refractivity contribution in [1.82, 2.24) is 9.13 Å². The number of imidazole rings is 1. The van der Waals surface area contributed by atoms with E-state index < -0.39 is 12.0 Å². The maximum absolute atomic E-state index is 11.5. The van der Waals surface area contributed by atoms with E-state index >= 15 is 0 Å². The van der Waals surface area contributed by atoms with E-state index in [-0.39, 0.29) is 0 Å². The molecule has 146 valence electrons. The van der Waals surface area contributed by atoms with Gasteiger partial charge in [-0.15, -0.1) is 5.10 Å². The van der Waals surface area contributed by atoms with E-state index in [1.54, 1.807) is 0 Å². The Bertz CT molecular complexity index is 1020. The number of hydrogen-bond donors (Lipinski definition) is 2. The molecule has 2 aromatic carbocycles. The number of carboxylic acids is 1. The summed E-state index contributed by atoms with van der Waals surface area (Å²) in [7, 11) is 3.99. The maximum Gasteiger partial charge on any atom is 0.326 e. The van der Waals surface area contributed by atoms with Crippen molar-refractivity contribution in [3.63, 3.8) is 0 Å². The van der Waals surface area contributed by atoms with Crippen LogP contribution < -0.4 is 15.9 Å². The Balaban J connectivity index is 1.57. The monoisotopic (exact) mass is 379 g/mol. The van der Waals surface area contributed by atoms with Crippen molar-refractivity contribution in [3.8, 4) is 0 Å². The van der Waals surface area contributed by atoms with Gasteiger partial charge in [-0.05, 0) is 55.7 Å².